The van der Waals surface area contributed by atoms with Crippen LogP contribution < -0.4 is 4.90 Å². The van der Waals surface area contributed by atoms with E-state index in [0.717, 1.165) is 59.1 Å². The molecule has 0 bridgehead atoms. The average Bonchev–Trinajstić information content (AvgIpc) is 3.43. The summed E-state index contributed by atoms with van der Waals surface area (Å²) in [4.78, 5) is 31.6. The first-order valence-corrected chi connectivity index (χ1v) is 13.6. The molecule has 1 aliphatic carbocycles. The number of amides is 1. The molecule has 1 aliphatic rings. The minimum atomic E-state index is -0.407. The molecule has 0 saturated heterocycles. The molecule has 1 aromatic heterocycles. The molecule has 3 aromatic carbocycles. The predicted molar refractivity (Wildman–Crippen MR) is 150 cm³/mol. The third-order valence-corrected chi connectivity index (χ3v) is 7.77. The van der Waals surface area contributed by atoms with E-state index in [2.05, 4.69) is 47.4 Å². The van der Waals surface area contributed by atoms with E-state index < -0.39 is 5.97 Å². The standard InChI is InChI=1S/C31H30N2O3S/c1-36-30(34)17-12-22-6-5-9-27(18-22)33(31(35)25-7-3-2-4-8-25)20-23-10-13-24(14-11-23)26-15-16-28-29(19-26)37-21-32-28/h5-6,9-19,21,25H,2-4,7-8,20H2,1H3/b17-12+. The second-order valence-corrected chi connectivity index (χ2v) is 10.3. The number of carbonyl (C=O) groups excluding carboxylic acids is 2. The number of hydrogen-bond acceptors (Lipinski definition) is 5. The van der Waals surface area contributed by atoms with Gasteiger partial charge >= 0.3 is 5.97 Å². The minimum absolute atomic E-state index is 0.0495. The molecule has 1 saturated carbocycles. The van der Waals surface area contributed by atoms with Crippen molar-refractivity contribution in [3.05, 3.63) is 89.4 Å². The first kappa shape index (κ1) is 24.9. The Morgan fingerprint density at radius 3 is 2.57 bits per heavy atom. The van der Waals surface area contributed by atoms with Gasteiger partial charge in [0.15, 0.2) is 0 Å². The van der Waals surface area contributed by atoms with Gasteiger partial charge < -0.3 is 9.64 Å². The third-order valence-electron chi connectivity index (χ3n) is 6.97. The molecule has 1 amide bonds. The molecule has 1 fully saturated rings. The zero-order chi connectivity index (χ0) is 25.6. The van der Waals surface area contributed by atoms with Crippen molar-refractivity contribution in [1.29, 1.82) is 0 Å². The van der Waals surface area contributed by atoms with Gasteiger partial charge in [0.1, 0.15) is 0 Å². The number of anilines is 1. The Labute approximate surface area is 221 Å². The zero-order valence-corrected chi connectivity index (χ0v) is 21.7. The van der Waals surface area contributed by atoms with Crippen LogP contribution in [-0.2, 0) is 20.9 Å². The Kier molecular flexibility index (Phi) is 7.76. The van der Waals surface area contributed by atoms with E-state index in [1.807, 2.05) is 34.7 Å². The Morgan fingerprint density at radius 2 is 1.78 bits per heavy atom. The highest BCUT2D eigenvalue weighted by atomic mass is 32.1. The summed E-state index contributed by atoms with van der Waals surface area (Å²) in [5, 5.41) is 0. The van der Waals surface area contributed by atoms with E-state index in [-0.39, 0.29) is 11.8 Å². The third kappa shape index (κ3) is 5.97. The Hall–Kier alpha value is -3.77. The summed E-state index contributed by atoms with van der Waals surface area (Å²) in [7, 11) is 1.36. The highest BCUT2D eigenvalue weighted by Gasteiger charge is 2.27. The Morgan fingerprint density at radius 1 is 1.00 bits per heavy atom. The van der Waals surface area contributed by atoms with Crippen LogP contribution in [0.1, 0.15) is 43.2 Å². The Balaban J connectivity index is 1.41. The first-order valence-electron chi connectivity index (χ1n) is 12.7. The average molecular weight is 511 g/mol. The maximum absolute atomic E-state index is 13.7. The van der Waals surface area contributed by atoms with Crippen molar-refractivity contribution >= 4 is 45.2 Å². The van der Waals surface area contributed by atoms with Crippen LogP contribution in [0.4, 0.5) is 5.69 Å². The molecule has 6 heteroatoms. The fraction of sp³-hybridized carbons (Fsp3) is 0.258. The van der Waals surface area contributed by atoms with E-state index in [9.17, 15) is 9.59 Å². The lowest BCUT2D eigenvalue weighted by Gasteiger charge is -2.30. The second-order valence-electron chi connectivity index (χ2n) is 9.44. The van der Waals surface area contributed by atoms with Gasteiger partial charge in [-0.05, 0) is 65.4 Å². The van der Waals surface area contributed by atoms with E-state index in [0.29, 0.717) is 6.54 Å². The maximum Gasteiger partial charge on any atom is 0.330 e. The van der Waals surface area contributed by atoms with Gasteiger partial charge in [0, 0.05) is 17.7 Å². The van der Waals surface area contributed by atoms with Crippen LogP contribution in [0.15, 0.2) is 78.3 Å². The van der Waals surface area contributed by atoms with Crippen LogP contribution in [0.2, 0.25) is 0 Å². The van der Waals surface area contributed by atoms with Gasteiger partial charge in [0.25, 0.3) is 0 Å². The minimum Gasteiger partial charge on any atom is -0.466 e. The molecule has 4 aromatic rings. The van der Waals surface area contributed by atoms with Crippen molar-refractivity contribution in [3.8, 4) is 11.1 Å². The van der Waals surface area contributed by atoms with Crippen LogP contribution in [0.5, 0.6) is 0 Å². The molecule has 1 heterocycles. The molecule has 0 unspecified atom stereocenters. The monoisotopic (exact) mass is 510 g/mol. The zero-order valence-electron chi connectivity index (χ0n) is 20.9. The number of aromatic nitrogens is 1. The molecular formula is C31H30N2O3S. The van der Waals surface area contributed by atoms with Crippen LogP contribution in [0, 0.1) is 5.92 Å². The molecule has 188 valence electrons. The number of benzene rings is 3. The summed E-state index contributed by atoms with van der Waals surface area (Å²) in [5.74, 6) is -0.183. The molecule has 0 atom stereocenters. The highest BCUT2D eigenvalue weighted by Crippen LogP contribution is 2.30. The van der Waals surface area contributed by atoms with Gasteiger partial charge in [0.05, 0.1) is 29.4 Å². The predicted octanol–water partition coefficient (Wildman–Crippen LogP) is 7.26. The fourth-order valence-electron chi connectivity index (χ4n) is 4.91. The molecule has 0 radical (unpaired) electrons. The summed E-state index contributed by atoms with van der Waals surface area (Å²) >= 11 is 1.64. The van der Waals surface area contributed by atoms with E-state index >= 15 is 0 Å². The summed E-state index contributed by atoms with van der Waals surface area (Å²) in [6.07, 6.45) is 8.40. The van der Waals surface area contributed by atoms with Crippen molar-refractivity contribution in [2.45, 2.75) is 38.6 Å². The lowest BCUT2D eigenvalue weighted by Crippen LogP contribution is -2.36. The lowest BCUT2D eigenvalue weighted by molar-refractivity contribution is -0.134. The number of carbonyl (C=O) groups is 2. The SMILES string of the molecule is COC(=O)/C=C/c1cccc(N(Cc2ccc(-c3ccc4ncsc4c3)cc2)C(=O)C2CCCCC2)c1. The number of methoxy groups -OCH3 is 1. The smallest absolute Gasteiger partial charge is 0.330 e. The number of thiazole rings is 1. The number of fused-ring (bicyclic) bond motifs is 1. The number of ether oxygens (including phenoxy) is 1. The molecule has 5 rings (SSSR count). The number of rotatable bonds is 7. The summed E-state index contributed by atoms with van der Waals surface area (Å²) in [5.41, 5.74) is 7.94. The van der Waals surface area contributed by atoms with Crippen molar-refractivity contribution in [2.75, 3.05) is 12.0 Å². The van der Waals surface area contributed by atoms with Crippen LogP contribution in [0.3, 0.4) is 0 Å². The van der Waals surface area contributed by atoms with Gasteiger partial charge in [-0.15, -0.1) is 11.3 Å². The number of hydrogen-bond donors (Lipinski definition) is 0. The van der Waals surface area contributed by atoms with Crippen LogP contribution >= 0.6 is 11.3 Å². The van der Waals surface area contributed by atoms with E-state index in [1.165, 1.54) is 24.3 Å². The molecule has 0 N–H and O–H groups in total. The molecule has 5 nitrogen and oxygen atoms in total. The lowest BCUT2D eigenvalue weighted by atomic mass is 9.88. The summed E-state index contributed by atoms with van der Waals surface area (Å²) in [6.45, 7) is 0.494. The summed E-state index contributed by atoms with van der Waals surface area (Å²) < 4.78 is 5.89. The van der Waals surface area contributed by atoms with Crippen molar-refractivity contribution in [2.24, 2.45) is 5.92 Å². The Bertz CT molecular complexity index is 1420. The van der Waals surface area contributed by atoms with Gasteiger partial charge in [-0.1, -0.05) is 61.7 Å². The van der Waals surface area contributed by atoms with Crippen molar-refractivity contribution in [3.63, 3.8) is 0 Å². The van der Waals surface area contributed by atoms with E-state index in [1.54, 1.807) is 17.4 Å². The van der Waals surface area contributed by atoms with Crippen molar-refractivity contribution < 1.29 is 14.3 Å². The van der Waals surface area contributed by atoms with Gasteiger partial charge in [0.2, 0.25) is 5.91 Å². The van der Waals surface area contributed by atoms with Gasteiger partial charge in [-0.3, -0.25) is 4.79 Å². The summed E-state index contributed by atoms with van der Waals surface area (Å²) in [6, 6.07) is 22.6. The van der Waals surface area contributed by atoms with Crippen LogP contribution in [-0.4, -0.2) is 24.0 Å². The van der Waals surface area contributed by atoms with E-state index in [4.69, 9.17) is 4.74 Å². The molecule has 0 spiro atoms. The highest BCUT2D eigenvalue weighted by molar-refractivity contribution is 7.16. The van der Waals surface area contributed by atoms with Crippen molar-refractivity contribution in [1.82, 2.24) is 4.98 Å². The molecule has 37 heavy (non-hydrogen) atoms. The van der Waals surface area contributed by atoms with Gasteiger partial charge in [-0.2, -0.15) is 0 Å². The topological polar surface area (TPSA) is 59.5 Å². The maximum atomic E-state index is 13.7. The number of nitrogens with zero attached hydrogens (tertiary/aromatic N) is 2. The molecular weight excluding hydrogens is 480 g/mol. The second kappa shape index (κ2) is 11.5. The first-order chi connectivity index (χ1) is 18.1. The molecule has 0 aliphatic heterocycles. The number of esters is 1. The largest absolute Gasteiger partial charge is 0.466 e. The fourth-order valence-corrected chi connectivity index (χ4v) is 5.63. The van der Waals surface area contributed by atoms with Crippen LogP contribution in [0.25, 0.3) is 27.4 Å². The van der Waals surface area contributed by atoms with Gasteiger partial charge in [-0.25, -0.2) is 9.78 Å². The normalized spacial score (nSPS) is 14.2. The quantitative estimate of drug-likeness (QED) is 0.194.